The van der Waals surface area contributed by atoms with Gasteiger partial charge in [0.15, 0.2) is 0 Å². The van der Waals surface area contributed by atoms with Gasteiger partial charge in [-0.25, -0.2) is 4.98 Å². The van der Waals surface area contributed by atoms with Crippen LogP contribution >= 0.6 is 0 Å². The summed E-state index contributed by atoms with van der Waals surface area (Å²) in [4.78, 5) is 19.6. The Morgan fingerprint density at radius 2 is 2.22 bits per heavy atom. The number of carbonyl (C=O) groups excluding carboxylic acids is 1. The zero-order valence-corrected chi connectivity index (χ0v) is 10.1. The highest BCUT2D eigenvalue weighted by Gasteiger charge is 2.08. The molecule has 3 N–H and O–H groups in total. The summed E-state index contributed by atoms with van der Waals surface area (Å²) in [6.07, 6.45) is 3.70. The first-order valence-electron chi connectivity index (χ1n) is 5.67. The van der Waals surface area contributed by atoms with Crippen molar-refractivity contribution in [3.63, 3.8) is 0 Å². The second kappa shape index (κ2) is 5.27. The number of amides is 1. The van der Waals surface area contributed by atoms with Crippen molar-refractivity contribution in [2.75, 3.05) is 11.1 Å². The first kappa shape index (κ1) is 12.0. The molecule has 0 fully saturated rings. The third kappa shape index (κ3) is 2.82. The molecule has 2 rings (SSSR count). The van der Waals surface area contributed by atoms with Crippen molar-refractivity contribution in [2.45, 2.75) is 13.3 Å². The summed E-state index contributed by atoms with van der Waals surface area (Å²) in [5.74, 6) is -0.0898. The number of nitrogens with one attached hydrogen (secondary N) is 1. The Kier molecular flexibility index (Phi) is 3.52. The van der Waals surface area contributed by atoms with Gasteiger partial charge in [0.05, 0.1) is 12.4 Å². The third-order valence-electron chi connectivity index (χ3n) is 2.48. The Bertz CT molecular complexity index is 568. The van der Waals surface area contributed by atoms with Gasteiger partial charge in [0.2, 0.25) is 0 Å². The van der Waals surface area contributed by atoms with E-state index in [1.165, 1.54) is 12.4 Å². The van der Waals surface area contributed by atoms with Crippen molar-refractivity contribution in [2.24, 2.45) is 0 Å². The Morgan fingerprint density at radius 1 is 1.39 bits per heavy atom. The van der Waals surface area contributed by atoms with E-state index in [0.717, 1.165) is 17.7 Å². The molecule has 5 nitrogen and oxygen atoms in total. The summed E-state index contributed by atoms with van der Waals surface area (Å²) in [7, 11) is 0. The second-order valence-corrected chi connectivity index (χ2v) is 3.84. The van der Waals surface area contributed by atoms with E-state index in [4.69, 9.17) is 5.73 Å². The number of nitrogens with two attached hydrogens (primary N) is 1. The van der Waals surface area contributed by atoms with Crippen molar-refractivity contribution in [1.82, 2.24) is 9.97 Å². The number of aromatic nitrogens is 2. The minimum absolute atomic E-state index is 0.205. The van der Waals surface area contributed by atoms with Gasteiger partial charge in [-0.05, 0) is 24.1 Å². The van der Waals surface area contributed by atoms with Crippen LogP contribution in [-0.4, -0.2) is 15.9 Å². The van der Waals surface area contributed by atoms with Gasteiger partial charge < -0.3 is 11.1 Å². The zero-order valence-electron chi connectivity index (χ0n) is 10.1. The van der Waals surface area contributed by atoms with Gasteiger partial charge in [0.25, 0.3) is 5.91 Å². The van der Waals surface area contributed by atoms with Gasteiger partial charge in [-0.1, -0.05) is 19.1 Å². The number of rotatable bonds is 3. The normalized spacial score (nSPS) is 10.1. The van der Waals surface area contributed by atoms with Crippen LogP contribution in [0.2, 0.25) is 0 Å². The average molecular weight is 242 g/mol. The van der Waals surface area contributed by atoms with Crippen molar-refractivity contribution >= 4 is 17.4 Å². The van der Waals surface area contributed by atoms with E-state index >= 15 is 0 Å². The van der Waals surface area contributed by atoms with E-state index in [0.29, 0.717) is 0 Å². The molecular formula is C13H14N4O. The fourth-order valence-corrected chi connectivity index (χ4v) is 1.55. The highest BCUT2D eigenvalue weighted by molar-refractivity contribution is 6.02. The number of nitrogens with zero attached hydrogens (tertiary/aromatic N) is 2. The van der Waals surface area contributed by atoms with Crippen LogP contribution in [0, 0.1) is 0 Å². The molecule has 0 aliphatic rings. The fraction of sp³-hybridized carbons (Fsp3) is 0.154. The van der Waals surface area contributed by atoms with Crippen LogP contribution in [0.15, 0.2) is 36.7 Å². The highest BCUT2D eigenvalue weighted by atomic mass is 16.1. The zero-order chi connectivity index (χ0) is 13.0. The largest absolute Gasteiger partial charge is 0.382 e. The molecule has 1 aromatic carbocycles. The predicted molar refractivity (Wildman–Crippen MR) is 70.2 cm³/mol. The van der Waals surface area contributed by atoms with Crippen molar-refractivity contribution in [3.8, 4) is 0 Å². The molecule has 0 saturated heterocycles. The predicted octanol–water partition coefficient (Wildman–Crippen LogP) is 1.87. The van der Waals surface area contributed by atoms with E-state index in [-0.39, 0.29) is 17.4 Å². The van der Waals surface area contributed by atoms with Gasteiger partial charge in [-0.2, -0.15) is 0 Å². The SMILES string of the molecule is CCc1cccc(NC(=O)c2cncc(N)n2)c1. The molecule has 18 heavy (non-hydrogen) atoms. The van der Waals surface area contributed by atoms with Gasteiger partial charge in [0, 0.05) is 5.69 Å². The van der Waals surface area contributed by atoms with Crippen molar-refractivity contribution in [1.29, 1.82) is 0 Å². The number of benzene rings is 1. The molecular weight excluding hydrogens is 228 g/mol. The molecule has 0 radical (unpaired) electrons. The lowest BCUT2D eigenvalue weighted by atomic mass is 10.1. The lowest BCUT2D eigenvalue weighted by Gasteiger charge is -2.06. The molecule has 0 aliphatic carbocycles. The van der Waals surface area contributed by atoms with E-state index in [1.807, 2.05) is 24.3 Å². The van der Waals surface area contributed by atoms with Crippen LogP contribution in [-0.2, 0) is 6.42 Å². The number of carbonyl (C=O) groups is 1. The van der Waals surface area contributed by atoms with E-state index in [1.54, 1.807) is 0 Å². The maximum absolute atomic E-state index is 11.9. The highest BCUT2D eigenvalue weighted by Crippen LogP contribution is 2.12. The van der Waals surface area contributed by atoms with E-state index in [2.05, 4.69) is 22.2 Å². The van der Waals surface area contributed by atoms with Crippen LogP contribution in [0.3, 0.4) is 0 Å². The molecule has 1 amide bonds. The van der Waals surface area contributed by atoms with Crippen LogP contribution in [0.1, 0.15) is 23.0 Å². The summed E-state index contributed by atoms with van der Waals surface area (Å²) in [5.41, 5.74) is 7.59. The lowest BCUT2D eigenvalue weighted by molar-refractivity contribution is 0.102. The molecule has 1 aromatic heterocycles. The Labute approximate surface area is 105 Å². The number of hydrogen-bond acceptors (Lipinski definition) is 4. The van der Waals surface area contributed by atoms with E-state index < -0.39 is 0 Å². The van der Waals surface area contributed by atoms with Crippen LogP contribution < -0.4 is 11.1 Å². The van der Waals surface area contributed by atoms with Gasteiger partial charge >= 0.3 is 0 Å². The summed E-state index contributed by atoms with van der Waals surface area (Å²) < 4.78 is 0. The van der Waals surface area contributed by atoms with Crippen LogP contribution in [0.5, 0.6) is 0 Å². The summed E-state index contributed by atoms with van der Waals surface area (Å²) >= 11 is 0. The minimum Gasteiger partial charge on any atom is -0.382 e. The monoisotopic (exact) mass is 242 g/mol. The Hall–Kier alpha value is -2.43. The molecule has 0 aliphatic heterocycles. The molecule has 0 bridgehead atoms. The number of hydrogen-bond donors (Lipinski definition) is 2. The van der Waals surface area contributed by atoms with Crippen molar-refractivity contribution < 1.29 is 4.79 Å². The molecule has 5 heteroatoms. The first-order valence-corrected chi connectivity index (χ1v) is 5.67. The maximum atomic E-state index is 11.9. The fourth-order valence-electron chi connectivity index (χ4n) is 1.55. The molecule has 0 spiro atoms. The Balaban J connectivity index is 2.16. The second-order valence-electron chi connectivity index (χ2n) is 3.84. The van der Waals surface area contributed by atoms with Gasteiger partial charge in [-0.3, -0.25) is 9.78 Å². The quantitative estimate of drug-likeness (QED) is 0.861. The lowest BCUT2D eigenvalue weighted by Crippen LogP contribution is -2.14. The maximum Gasteiger partial charge on any atom is 0.275 e. The Morgan fingerprint density at radius 3 is 2.94 bits per heavy atom. The van der Waals surface area contributed by atoms with Crippen LogP contribution in [0.25, 0.3) is 0 Å². The number of nitrogen functional groups attached to an aromatic ring is 1. The summed E-state index contributed by atoms with van der Waals surface area (Å²) in [6.45, 7) is 2.06. The molecule has 0 atom stereocenters. The third-order valence-corrected chi connectivity index (χ3v) is 2.48. The van der Waals surface area contributed by atoms with Crippen molar-refractivity contribution in [3.05, 3.63) is 47.9 Å². The summed E-state index contributed by atoms with van der Waals surface area (Å²) in [5, 5.41) is 2.76. The topological polar surface area (TPSA) is 80.9 Å². The molecule has 0 saturated carbocycles. The smallest absolute Gasteiger partial charge is 0.275 e. The minimum atomic E-state index is -0.317. The molecule has 1 heterocycles. The van der Waals surface area contributed by atoms with Crippen LogP contribution in [0.4, 0.5) is 11.5 Å². The van der Waals surface area contributed by atoms with Gasteiger partial charge in [0.1, 0.15) is 11.5 Å². The standard InChI is InChI=1S/C13H14N4O/c1-2-9-4-3-5-10(6-9)16-13(18)11-7-15-8-12(14)17-11/h3-8H,2H2,1H3,(H2,14,17)(H,16,18). The average Bonchev–Trinajstić information content (AvgIpc) is 2.39. The molecule has 92 valence electrons. The molecule has 2 aromatic rings. The number of aryl methyl sites for hydroxylation is 1. The summed E-state index contributed by atoms with van der Waals surface area (Å²) in [6, 6.07) is 7.67. The van der Waals surface area contributed by atoms with Gasteiger partial charge in [-0.15, -0.1) is 0 Å². The number of anilines is 2. The molecule has 0 unspecified atom stereocenters. The van der Waals surface area contributed by atoms with E-state index in [9.17, 15) is 4.79 Å². The first-order chi connectivity index (χ1) is 8.69.